The number of carbonyl (C=O) groups is 2. The molecule has 2 saturated carbocycles. The third-order valence-corrected chi connectivity index (χ3v) is 7.02. The first-order valence-electron chi connectivity index (χ1n) is 9.06. The van der Waals surface area contributed by atoms with Gasteiger partial charge in [0.2, 0.25) is 0 Å². The summed E-state index contributed by atoms with van der Waals surface area (Å²) in [5.41, 5.74) is 1.32. The van der Waals surface area contributed by atoms with Crippen molar-refractivity contribution in [1.29, 1.82) is 0 Å². The quantitative estimate of drug-likeness (QED) is 0.621. The van der Waals surface area contributed by atoms with Gasteiger partial charge in [-0.15, -0.1) is 0 Å². The maximum Gasteiger partial charge on any atom is 0.334 e. The number of ether oxygens (including phenoxy) is 1. The van der Waals surface area contributed by atoms with Crippen LogP contribution in [0.3, 0.4) is 0 Å². The maximum atomic E-state index is 12.0. The van der Waals surface area contributed by atoms with Crippen LogP contribution in [0.1, 0.15) is 58.8 Å². The summed E-state index contributed by atoms with van der Waals surface area (Å²) in [7, 11) is 0. The number of hydrogen-bond acceptors (Lipinski definition) is 3. The molecule has 3 rings (SSSR count). The number of carbonyl (C=O) groups excluding carboxylic acids is 1. The van der Waals surface area contributed by atoms with E-state index in [-0.39, 0.29) is 23.2 Å². The summed E-state index contributed by atoms with van der Waals surface area (Å²) in [5.74, 6) is -0.398. The molecule has 4 nitrogen and oxygen atoms in total. The summed E-state index contributed by atoms with van der Waals surface area (Å²) < 4.78 is 5.00. The second-order valence-electron chi connectivity index (χ2n) is 8.25. The summed E-state index contributed by atoms with van der Waals surface area (Å²) in [4.78, 5) is 23.7. The monoisotopic (exact) mass is 332 g/mol. The molecule has 0 bridgehead atoms. The van der Waals surface area contributed by atoms with E-state index in [1.807, 2.05) is 13.0 Å². The van der Waals surface area contributed by atoms with E-state index in [4.69, 9.17) is 4.74 Å². The maximum absolute atomic E-state index is 12.0. The fraction of sp³-hybridized carbons (Fsp3) is 0.700. The molecule has 4 heteroatoms. The normalized spacial score (nSPS) is 39.2. The molecular weight excluding hydrogens is 304 g/mol. The smallest absolute Gasteiger partial charge is 0.334 e. The van der Waals surface area contributed by atoms with Crippen LogP contribution >= 0.6 is 0 Å². The molecule has 0 radical (unpaired) electrons. The minimum Gasteiger partial charge on any atom is -0.481 e. The number of carboxylic acid groups (broad SMARTS) is 1. The number of rotatable bonds is 4. The van der Waals surface area contributed by atoms with Gasteiger partial charge in [-0.1, -0.05) is 25.5 Å². The minimum absolute atomic E-state index is 0.0379. The first-order chi connectivity index (χ1) is 11.3. The van der Waals surface area contributed by atoms with Crippen molar-refractivity contribution in [3.8, 4) is 0 Å². The van der Waals surface area contributed by atoms with Crippen molar-refractivity contribution >= 4 is 11.9 Å². The second-order valence-corrected chi connectivity index (χ2v) is 8.25. The van der Waals surface area contributed by atoms with Crippen molar-refractivity contribution in [3.05, 3.63) is 23.8 Å². The topological polar surface area (TPSA) is 63.6 Å². The van der Waals surface area contributed by atoms with Gasteiger partial charge in [-0.3, -0.25) is 4.79 Å². The predicted molar refractivity (Wildman–Crippen MR) is 91.3 cm³/mol. The van der Waals surface area contributed by atoms with Crippen LogP contribution in [0.15, 0.2) is 23.8 Å². The van der Waals surface area contributed by atoms with E-state index in [0.717, 1.165) is 44.1 Å². The lowest BCUT2D eigenvalue weighted by molar-refractivity contribution is -0.164. The molecule has 0 amide bonds. The van der Waals surface area contributed by atoms with Crippen LogP contribution in [0.25, 0.3) is 0 Å². The molecule has 1 heterocycles. The minimum atomic E-state index is -0.660. The number of carboxylic acids is 1. The van der Waals surface area contributed by atoms with Gasteiger partial charge < -0.3 is 9.84 Å². The molecule has 1 N–H and O–H groups in total. The summed E-state index contributed by atoms with van der Waals surface area (Å²) in [6.07, 6.45) is 8.01. The van der Waals surface area contributed by atoms with Crippen molar-refractivity contribution in [2.75, 3.05) is 6.61 Å². The number of cyclic esters (lactones) is 1. The van der Waals surface area contributed by atoms with Crippen LogP contribution in [0.2, 0.25) is 0 Å². The SMILES string of the molecule is C=C1CC[C@@H]2[C@@](C)(CCC[C@]2(C)C(=O)O)[C@H]1CCC1=CCOC1=O. The lowest BCUT2D eigenvalue weighted by Gasteiger charge is -2.57. The summed E-state index contributed by atoms with van der Waals surface area (Å²) in [6.45, 7) is 8.88. The van der Waals surface area contributed by atoms with Gasteiger partial charge in [-0.2, -0.15) is 0 Å². The molecule has 0 saturated heterocycles. The zero-order valence-electron chi connectivity index (χ0n) is 14.8. The van der Waals surface area contributed by atoms with E-state index < -0.39 is 11.4 Å². The molecule has 2 aliphatic carbocycles. The van der Waals surface area contributed by atoms with Crippen molar-refractivity contribution in [2.45, 2.75) is 58.8 Å². The van der Waals surface area contributed by atoms with Gasteiger partial charge in [0.15, 0.2) is 0 Å². The Bertz CT molecular complexity index is 605. The highest BCUT2D eigenvalue weighted by atomic mass is 16.5. The molecule has 0 aromatic heterocycles. The molecule has 24 heavy (non-hydrogen) atoms. The Morgan fingerprint density at radius 2 is 2.17 bits per heavy atom. The number of aliphatic carboxylic acids is 1. The lowest BCUT2D eigenvalue weighted by Crippen LogP contribution is -2.53. The Morgan fingerprint density at radius 1 is 1.42 bits per heavy atom. The average molecular weight is 332 g/mol. The van der Waals surface area contributed by atoms with Crippen LogP contribution in [-0.4, -0.2) is 23.7 Å². The van der Waals surface area contributed by atoms with Gasteiger partial charge in [-0.05, 0) is 68.8 Å². The number of fused-ring (bicyclic) bond motifs is 1. The fourth-order valence-electron chi connectivity index (χ4n) is 5.64. The van der Waals surface area contributed by atoms with E-state index in [1.54, 1.807) is 0 Å². The van der Waals surface area contributed by atoms with Gasteiger partial charge in [-0.25, -0.2) is 4.79 Å². The van der Waals surface area contributed by atoms with Gasteiger partial charge >= 0.3 is 11.9 Å². The van der Waals surface area contributed by atoms with Gasteiger partial charge in [0.05, 0.1) is 5.41 Å². The number of allylic oxidation sites excluding steroid dienone is 1. The first-order valence-corrected chi connectivity index (χ1v) is 9.06. The molecule has 0 unspecified atom stereocenters. The van der Waals surface area contributed by atoms with E-state index >= 15 is 0 Å². The predicted octanol–water partition coefficient (Wildman–Crippen LogP) is 4.11. The average Bonchev–Trinajstić information content (AvgIpc) is 2.91. The largest absolute Gasteiger partial charge is 0.481 e. The van der Waals surface area contributed by atoms with E-state index in [0.29, 0.717) is 13.0 Å². The summed E-state index contributed by atoms with van der Waals surface area (Å²) in [6, 6.07) is 0. The van der Waals surface area contributed by atoms with Crippen molar-refractivity contribution < 1.29 is 19.4 Å². The van der Waals surface area contributed by atoms with Crippen molar-refractivity contribution in [1.82, 2.24) is 0 Å². The standard InChI is InChI=1S/C20H28O4/c1-13-5-8-16-19(2,10-4-11-20(16,3)18(22)23)15(13)7-6-14-9-12-24-17(14)21/h9,15-16H,1,4-8,10-12H2,2-3H3,(H,22,23)/t15-,16+,19-,20-/m0/s1. The van der Waals surface area contributed by atoms with E-state index in [9.17, 15) is 14.7 Å². The fourth-order valence-corrected chi connectivity index (χ4v) is 5.64. The lowest BCUT2D eigenvalue weighted by atomic mass is 9.46. The molecule has 2 fully saturated rings. The van der Waals surface area contributed by atoms with Gasteiger partial charge in [0.25, 0.3) is 0 Å². The Balaban J connectivity index is 1.83. The van der Waals surface area contributed by atoms with Gasteiger partial charge in [0.1, 0.15) is 6.61 Å². The number of esters is 1. The van der Waals surface area contributed by atoms with Crippen LogP contribution in [0.5, 0.6) is 0 Å². The molecular formula is C20H28O4. The van der Waals surface area contributed by atoms with Gasteiger partial charge in [0, 0.05) is 5.57 Å². The highest BCUT2D eigenvalue weighted by Crippen LogP contribution is 2.62. The Kier molecular flexibility index (Phi) is 4.35. The Morgan fingerprint density at radius 3 is 2.79 bits per heavy atom. The molecule has 0 aromatic carbocycles. The summed E-state index contributed by atoms with van der Waals surface area (Å²) in [5, 5.41) is 9.85. The van der Waals surface area contributed by atoms with E-state index in [2.05, 4.69) is 13.5 Å². The van der Waals surface area contributed by atoms with Crippen molar-refractivity contribution in [3.63, 3.8) is 0 Å². The molecule has 4 atom stereocenters. The molecule has 0 aromatic rings. The Labute approximate surface area is 144 Å². The zero-order valence-corrected chi connectivity index (χ0v) is 14.8. The van der Waals surface area contributed by atoms with E-state index in [1.165, 1.54) is 5.57 Å². The number of hydrogen-bond donors (Lipinski definition) is 1. The molecule has 1 aliphatic heterocycles. The highest BCUT2D eigenvalue weighted by Gasteiger charge is 2.57. The van der Waals surface area contributed by atoms with Crippen LogP contribution in [0.4, 0.5) is 0 Å². The summed E-state index contributed by atoms with van der Waals surface area (Å²) >= 11 is 0. The van der Waals surface area contributed by atoms with Crippen LogP contribution in [-0.2, 0) is 14.3 Å². The second kappa shape index (κ2) is 6.05. The highest BCUT2D eigenvalue weighted by molar-refractivity contribution is 5.90. The molecule has 3 aliphatic rings. The zero-order chi connectivity index (χ0) is 17.5. The molecule has 0 spiro atoms. The Hall–Kier alpha value is -1.58. The van der Waals surface area contributed by atoms with Crippen LogP contribution < -0.4 is 0 Å². The molecule has 132 valence electrons. The first kappa shape index (κ1) is 17.2. The third-order valence-electron chi connectivity index (χ3n) is 7.02. The van der Waals surface area contributed by atoms with Crippen LogP contribution in [0, 0.1) is 22.7 Å². The van der Waals surface area contributed by atoms with Crippen molar-refractivity contribution in [2.24, 2.45) is 22.7 Å². The third kappa shape index (κ3) is 2.60.